The summed E-state index contributed by atoms with van der Waals surface area (Å²) in [5, 5.41) is 3.41. The number of hydrogen-bond donors (Lipinski definition) is 1. The standard InChI is InChI=1S/C15H22N2O3/c1-4-19-15(18)11(3)20-14-8-5-10(2)17-13(14)9-16-12-6-7-12/h5,8,11-12,16H,4,6-7,9H2,1-3H3. The average Bonchev–Trinajstić information content (AvgIpc) is 3.23. The fraction of sp³-hybridized carbons (Fsp3) is 0.600. The quantitative estimate of drug-likeness (QED) is 0.773. The van der Waals surface area contributed by atoms with E-state index >= 15 is 0 Å². The SMILES string of the molecule is CCOC(=O)C(C)Oc1ccc(C)nc1CNC1CC1. The van der Waals surface area contributed by atoms with Gasteiger partial charge in [-0.15, -0.1) is 0 Å². The summed E-state index contributed by atoms with van der Waals surface area (Å²) < 4.78 is 10.6. The minimum absolute atomic E-state index is 0.353. The van der Waals surface area contributed by atoms with Gasteiger partial charge in [-0.05, 0) is 45.7 Å². The molecule has 1 fully saturated rings. The Morgan fingerprint density at radius 3 is 2.90 bits per heavy atom. The van der Waals surface area contributed by atoms with Crippen LogP contribution < -0.4 is 10.1 Å². The highest BCUT2D eigenvalue weighted by atomic mass is 16.6. The van der Waals surface area contributed by atoms with E-state index in [1.54, 1.807) is 13.8 Å². The van der Waals surface area contributed by atoms with Gasteiger partial charge < -0.3 is 14.8 Å². The number of rotatable bonds is 7. The van der Waals surface area contributed by atoms with Crippen molar-refractivity contribution in [1.82, 2.24) is 10.3 Å². The summed E-state index contributed by atoms with van der Waals surface area (Å²) in [7, 11) is 0. The molecule has 0 radical (unpaired) electrons. The van der Waals surface area contributed by atoms with Crippen LogP contribution in [0.25, 0.3) is 0 Å². The van der Waals surface area contributed by atoms with E-state index in [-0.39, 0.29) is 5.97 Å². The average molecular weight is 278 g/mol. The maximum absolute atomic E-state index is 11.6. The summed E-state index contributed by atoms with van der Waals surface area (Å²) in [6, 6.07) is 4.35. The number of carbonyl (C=O) groups excluding carboxylic acids is 1. The van der Waals surface area contributed by atoms with Gasteiger partial charge in [0.1, 0.15) is 5.75 Å². The van der Waals surface area contributed by atoms with E-state index in [0.29, 0.717) is 24.9 Å². The topological polar surface area (TPSA) is 60.5 Å². The molecule has 1 saturated carbocycles. The highest BCUT2D eigenvalue weighted by molar-refractivity contribution is 5.74. The molecule has 1 unspecified atom stereocenters. The number of pyridine rings is 1. The van der Waals surface area contributed by atoms with Crippen molar-refractivity contribution in [2.45, 2.75) is 52.3 Å². The molecule has 0 saturated heterocycles. The first kappa shape index (κ1) is 14.8. The molecule has 0 bridgehead atoms. The number of ether oxygens (including phenoxy) is 2. The van der Waals surface area contributed by atoms with Gasteiger partial charge in [0.25, 0.3) is 0 Å². The molecule has 5 heteroatoms. The van der Waals surface area contributed by atoms with Gasteiger partial charge in [-0.2, -0.15) is 0 Å². The Labute approximate surface area is 119 Å². The zero-order valence-electron chi connectivity index (χ0n) is 12.3. The van der Waals surface area contributed by atoms with Crippen molar-refractivity contribution in [3.05, 3.63) is 23.5 Å². The minimum atomic E-state index is -0.626. The maximum atomic E-state index is 11.6. The van der Waals surface area contributed by atoms with E-state index in [1.807, 2.05) is 19.1 Å². The van der Waals surface area contributed by atoms with Crippen LogP contribution in [0.3, 0.4) is 0 Å². The Bertz CT molecular complexity index is 472. The summed E-state index contributed by atoms with van der Waals surface area (Å²) >= 11 is 0. The molecule has 20 heavy (non-hydrogen) atoms. The second-order valence-electron chi connectivity index (χ2n) is 5.06. The summed E-state index contributed by atoms with van der Waals surface area (Å²) in [4.78, 5) is 16.1. The lowest BCUT2D eigenvalue weighted by Gasteiger charge is -2.16. The molecule has 2 rings (SSSR count). The first-order chi connectivity index (χ1) is 9.60. The van der Waals surface area contributed by atoms with Gasteiger partial charge in [-0.1, -0.05) is 0 Å². The van der Waals surface area contributed by atoms with Crippen LogP contribution in [0.15, 0.2) is 12.1 Å². The fourth-order valence-corrected chi connectivity index (χ4v) is 1.86. The Morgan fingerprint density at radius 2 is 2.25 bits per heavy atom. The lowest BCUT2D eigenvalue weighted by molar-refractivity contribution is -0.150. The van der Waals surface area contributed by atoms with Crippen molar-refractivity contribution in [3.63, 3.8) is 0 Å². The Morgan fingerprint density at radius 1 is 1.50 bits per heavy atom. The van der Waals surface area contributed by atoms with Gasteiger partial charge in [-0.3, -0.25) is 4.98 Å². The lowest BCUT2D eigenvalue weighted by atomic mass is 10.2. The number of nitrogens with one attached hydrogen (secondary N) is 1. The number of nitrogens with zero attached hydrogens (tertiary/aromatic N) is 1. The first-order valence-corrected chi connectivity index (χ1v) is 7.13. The molecular weight excluding hydrogens is 256 g/mol. The van der Waals surface area contributed by atoms with Crippen molar-refractivity contribution in [2.24, 2.45) is 0 Å². The van der Waals surface area contributed by atoms with Crippen LogP contribution in [-0.4, -0.2) is 29.7 Å². The molecule has 0 aliphatic heterocycles. The van der Waals surface area contributed by atoms with Gasteiger partial charge in [0, 0.05) is 18.3 Å². The van der Waals surface area contributed by atoms with Gasteiger partial charge in [0.15, 0.2) is 6.10 Å². The Hall–Kier alpha value is -1.62. The molecule has 1 heterocycles. The van der Waals surface area contributed by atoms with E-state index in [0.717, 1.165) is 11.4 Å². The number of aryl methyl sites for hydroxylation is 1. The zero-order chi connectivity index (χ0) is 14.5. The van der Waals surface area contributed by atoms with Gasteiger partial charge in [0.2, 0.25) is 0 Å². The van der Waals surface area contributed by atoms with Crippen LogP contribution in [0.1, 0.15) is 38.1 Å². The summed E-state index contributed by atoms with van der Waals surface area (Å²) in [6.07, 6.45) is 1.82. The van der Waals surface area contributed by atoms with Crippen LogP contribution >= 0.6 is 0 Å². The van der Waals surface area contributed by atoms with E-state index < -0.39 is 6.10 Å². The molecule has 0 amide bonds. The second-order valence-corrected chi connectivity index (χ2v) is 5.06. The predicted molar refractivity (Wildman–Crippen MR) is 75.6 cm³/mol. The Balaban J connectivity index is 2.02. The smallest absolute Gasteiger partial charge is 0.347 e. The largest absolute Gasteiger partial charge is 0.477 e. The molecule has 1 atom stereocenters. The molecule has 110 valence electrons. The summed E-state index contributed by atoms with van der Waals surface area (Å²) in [5.41, 5.74) is 1.78. The molecule has 0 spiro atoms. The number of hydrogen-bond acceptors (Lipinski definition) is 5. The normalized spacial score (nSPS) is 15.8. The first-order valence-electron chi connectivity index (χ1n) is 7.13. The predicted octanol–water partition coefficient (Wildman–Crippen LogP) is 1.97. The van der Waals surface area contributed by atoms with Crippen LogP contribution in [-0.2, 0) is 16.1 Å². The molecule has 1 aromatic heterocycles. The molecule has 0 aromatic carbocycles. The van der Waals surface area contributed by atoms with Crippen molar-refractivity contribution in [3.8, 4) is 5.75 Å². The monoisotopic (exact) mass is 278 g/mol. The summed E-state index contributed by atoms with van der Waals surface area (Å²) in [5.74, 6) is 0.290. The van der Waals surface area contributed by atoms with E-state index in [2.05, 4.69) is 10.3 Å². The Kier molecular flexibility index (Phi) is 4.95. The third kappa shape index (κ3) is 4.20. The van der Waals surface area contributed by atoms with E-state index in [4.69, 9.17) is 9.47 Å². The molecular formula is C15H22N2O3. The number of esters is 1. The van der Waals surface area contributed by atoms with Crippen LogP contribution in [0.2, 0.25) is 0 Å². The number of carbonyl (C=O) groups is 1. The highest BCUT2D eigenvalue weighted by Gasteiger charge is 2.22. The maximum Gasteiger partial charge on any atom is 0.347 e. The van der Waals surface area contributed by atoms with Crippen molar-refractivity contribution in [1.29, 1.82) is 0 Å². The fourth-order valence-electron chi connectivity index (χ4n) is 1.86. The zero-order valence-corrected chi connectivity index (χ0v) is 12.3. The molecule has 1 aliphatic rings. The molecule has 1 aromatic rings. The molecule has 5 nitrogen and oxygen atoms in total. The van der Waals surface area contributed by atoms with Gasteiger partial charge >= 0.3 is 5.97 Å². The summed E-state index contributed by atoms with van der Waals surface area (Å²) in [6.45, 7) is 6.43. The molecule has 1 N–H and O–H groups in total. The second kappa shape index (κ2) is 6.70. The number of aromatic nitrogens is 1. The lowest BCUT2D eigenvalue weighted by Crippen LogP contribution is -2.27. The van der Waals surface area contributed by atoms with Crippen LogP contribution in [0, 0.1) is 6.92 Å². The van der Waals surface area contributed by atoms with Gasteiger partial charge in [-0.25, -0.2) is 4.79 Å². The van der Waals surface area contributed by atoms with Crippen molar-refractivity contribution < 1.29 is 14.3 Å². The van der Waals surface area contributed by atoms with Crippen LogP contribution in [0.4, 0.5) is 0 Å². The highest BCUT2D eigenvalue weighted by Crippen LogP contribution is 2.22. The van der Waals surface area contributed by atoms with E-state index in [9.17, 15) is 4.79 Å². The van der Waals surface area contributed by atoms with Crippen LogP contribution in [0.5, 0.6) is 5.75 Å². The van der Waals surface area contributed by atoms with Crippen molar-refractivity contribution >= 4 is 5.97 Å². The van der Waals surface area contributed by atoms with E-state index in [1.165, 1.54) is 12.8 Å². The third-order valence-corrected chi connectivity index (χ3v) is 3.13. The van der Waals surface area contributed by atoms with Crippen molar-refractivity contribution in [2.75, 3.05) is 6.61 Å². The van der Waals surface area contributed by atoms with Gasteiger partial charge in [0.05, 0.1) is 12.3 Å². The minimum Gasteiger partial charge on any atom is -0.477 e. The third-order valence-electron chi connectivity index (χ3n) is 3.13. The molecule has 1 aliphatic carbocycles.